The molecule has 0 fully saturated rings. The van der Waals surface area contributed by atoms with E-state index in [9.17, 15) is 0 Å². The molecule has 0 radical (unpaired) electrons. The Kier molecular flexibility index (Phi) is 3.52. The van der Waals surface area contributed by atoms with Crippen LogP contribution in [0.25, 0.3) is 0 Å². The standard InChI is InChI=1S/C11H15N/c1-3-10(2)12-9-11-7-5-4-6-8-11/h4-10H,3H2,1-2H3/b12-9+. The minimum absolute atomic E-state index is 0.435. The van der Waals surface area contributed by atoms with Gasteiger partial charge in [0.25, 0.3) is 0 Å². The van der Waals surface area contributed by atoms with Crippen LogP contribution < -0.4 is 0 Å². The van der Waals surface area contributed by atoms with Gasteiger partial charge in [-0.3, -0.25) is 4.99 Å². The fraction of sp³-hybridized carbons (Fsp3) is 0.364. The third kappa shape index (κ3) is 2.87. The molecule has 0 aromatic heterocycles. The average Bonchev–Trinajstić information content (AvgIpc) is 2.16. The first-order chi connectivity index (χ1) is 5.83. The van der Waals surface area contributed by atoms with Crippen molar-refractivity contribution < 1.29 is 0 Å². The smallest absolute Gasteiger partial charge is 0.0469 e. The van der Waals surface area contributed by atoms with Crippen LogP contribution in [-0.2, 0) is 0 Å². The van der Waals surface area contributed by atoms with Crippen LogP contribution in [0.2, 0.25) is 0 Å². The number of nitrogens with zero attached hydrogens (tertiary/aromatic N) is 1. The van der Waals surface area contributed by atoms with E-state index >= 15 is 0 Å². The van der Waals surface area contributed by atoms with Gasteiger partial charge in [-0.1, -0.05) is 37.3 Å². The first-order valence-corrected chi connectivity index (χ1v) is 4.41. The fourth-order valence-corrected chi connectivity index (χ4v) is 0.858. The highest BCUT2D eigenvalue weighted by molar-refractivity contribution is 5.79. The lowest BCUT2D eigenvalue weighted by molar-refractivity contribution is 0.720. The van der Waals surface area contributed by atoms with Crippen LogP contribution in [-0.4, -0.2) is 12.3 Å². The molecule has 1 aromatic carbocycles. The highest BCUT2D eigenvalue weighted by Crippen LogP contribution is 1.98. The lowest BCUT2D eigenvalue weighted by Gasteiger charge is -1.99. The molecule has 1 aromatic rings. The molecule has 1 rings (SSSR count). The van der Waals surface area contributed by atoms with Crippen molar-refractivity contribution >= 4 is 6.21 Å². The molecule has 64 valence electrons. The summed E-state index contributed by atoms with van der Waals surface area (Å²) in [6.45, 7) is 4.27. The zero-order valence-electron chi connectivity index (χ0n) is 7.70. The molecule has 1 unspecified atom stereocenters. The highest BCUT2D eigenvalue weighted by atomic mass is 14.7. The topological polar surface area (TPSA) is 12.4 Å². The van der Waals surface area contributed by atoms with Gasteiger partial charge >= 0.3 is 0 Å². The summed E-state index contributed by atoms with van der Waals surface area (Å²) in [6, 6.07) is 10.6. The minimum Gasteiger partial charge on any atom is -0.290 e. The van der Waals surface area contributed by atoms with Gasteiger partial charge in [-0.2, -0.15) is 0 Å². The van der Waals surface area contributed by atoms with Gasteiger partial charge in [0.2, 0.25) is 0 Å². The van der Waals surface area contributed by atoms with E-state index in [1.54, 1.807) is 0 Å². The lowest BCUT2D eigenvalue weighted by atomic mass is 10.2. The molecule has 0 aliphatic heterocycles. The van der Waals surface area contributed by atoms with E-state index < -0.39 is 0 Å². The van der Waals surface area contributed by atoms with Crippen molar-refractivity contribution in [3.63, 3.8) is 0 Å². The molecule has 0 N–H and O–H groups in total. The number of rotatable bonds is 3. The molecule has 0 saturated heterocycles. The van der Waals surface area contributed by atoms with Crippen molar-refractivity contribution in [2.45, 2.75) is 26.3 Å². The Balaban J connectivity index is 2.58. The Morgan fingerprint density at radius 1 is 1.33 bits per heavy atom. The van der Waals surface area contributed by atoms with Gasteiger partial charge in [-0.05, 0) is 18.9 Å². The Labute approximate surface area is 74.2 Å². The summed E-state index contributed by atoms with van der Waals surface area (Å²) in [5, 5.41) is 0. The monoisotopic (exact) mass is 161 g/mol. The molecule has 1 nitrogen and oxygen atoms in total. The predicted molar refractivity (Wildman–Crippen MR) is 53.8 cm³/mol. The van der Waals surface area contributed by atoms with Gasteiger partial charge in [0.1, 0.15) is 0 Å². The summed E-state index contributed by atoms with van der Waals surface area (Å²) in [6.07, 6.45) is 3.04. The van der Waals surface area contributed by atoms with Crippen LogP contribution in [0.15, 0.2) is 35.3 Å². The maximum atomic E-state index is 4.39. The summed E-state index contributed by atoms with van der Waals surface area (Å²) in [5.74, 6) is 0. The van der Waals surface area contributed by atoms with E-state index in [4.69, 9.17) is 0 Å². The molecular formula is C11H15N. The molecule has 0 aliphatic carbocycles. The van der Waals surface area contributed by atoms with E-state index in [2.05, 4.69) is 31.0 Å². The predicted octanol–water partition coefficient (Wildman–Crippen LogP) is 2.90. The molecule has 0 bridgehead atoms. The third-order valence-corrected chi connectivity index (χ3v) is 1.87. The molecule has 0 spiro atoms. The van der Waals surface area contributed by atoms with Crippen LogP contribution in [0.1, 0.15) is 25.8 Å². The van der Waals surface area contributed by atoms with Crippen LogP contribution >= 0.6 is 0 Å². The summed E-state index contributed by atoms with van der Waals surface area (Å²) in [4.78, 5) is 4.39. The van der Waals surface area contributed by atoms with Crippen molar-refractivity contribution in [3.05, 3.63) is 35.9 Å². The Morgan fingerprint density at radius 2 is 2.00 bits per heavy atom. The Hall–Kier alpha value is -1.11. The Bertz CT molecular complexity index is 238. The quantitative estimate of drug-likeness (QED) is 0.604. The molecule has 0 heterocycles. The second kappa shape index (κ2) is 4.70. The minimum atomic E-state index is 0.435. The van der Waals surface area contributed by atoms with Crippen molar-refractivity contribution in [3.8, 4) is 0 Å². The fourth-order valence-electron chi connectivity index (χ4n) is 0.858. The van der Waals surface area contributed by atoms with E-state index in [0.717, 1.165) is 6.42 Å². The second-order valence-corrected chi connectivity index (χ2v) is 2.95. The van der Waals surface area contributed by atoms with E-state index in [-0.39, 0.29) is 0 Å². The number of hydrogen-bond donors (Lipinski definition) is 0. The Morgan fingerprint density at radius 3 is 2.58 bits per heavy atom. The molecule has 1 atom stereocenters. The SMILES string of the molecule is CCC(C)/N=C/c1ccccc1. The average molecular weight is 161 g/mol. The van der Waals surface area contributed by atoms with Crippen molar-refractivity contribution in [1.29, 1.82) is 0 Å². The number of aliphatic imine (C=N–C) groups is 1. The summed E-state index contributed by atoms with van der Waals surface area (Å²) >= 11 is 0. The lowest BCUT2D eigenvalue weighted by Crippen LogP contribution is -1.94. The van der Waals surface area contributed by atoms with Crippen LogP contribution in [0.4, 0.5) is 0 Å². The van der Waals surface area contributed by atoms with Gasteiger partial charge in [0.05, 0.1) is 0 Å². The third-order valence-electron chi connectivity index (χ3n) is 1.87. The first kappa shape index (κ1) is 8.98. The maximum Gasteiger partial charge on any atom is 0.0469 e. The van der Waals surface area contributed by atoms with Crippen molar-refractivity contribution in [2.75, 3.05) is 0 Å². The van der Waals surface area contributed by atoms with E-state index in [0.29, 0.717) is 6.04 Å². The maximum absolute atomic E-state index is 4.39. The molecule has 12 heavy (non-hydrogen) atoms. The molecule has 0 amide bonds. The number of hydrogen-bond acceptors (Lipinski definition) is 1. The van der Waals surface area contributed by atoms with Crippen LogP contribution in [0, 0.1) is 0 Å². The largest absolute Gasteiger partial charge is 0.290 e. The zero-order chi connectivity index (χ0) is 8.81. The second-order valence-electron chi connectivity index (χ2n) is 2.95. The highest BCUT2D eigenvalue weighted by Gasteiger charge is 1.90. The molecule has 0 aliphatic rings. The van der Waals surface area contributed by atoms with Gasteiger partial charge in [0, 0.05) is 12.3 Å². The van der Waals surface area contributed by atoms with Gasteiger partial charge < -0.3 is 0 Å². The van der Waals surface area contributed by atoms with Gasteiger partial charge in [-0.25, -0.2) is 0 Å². The normalized spacial score (nSPS) is 13.5. The first-order valence-electron chi connectivity index (χ1n) is 4.41. The van der Waals surface area contributed by atoms with Crippen molar-refractivity contribution in [1.82, 2.24) is 0 Å². The summed E-state index contributed by atoms with van der Waals surface area (Å²) < 4.78 is 0. The van der Waals surface area contributed by atoms with Crippen LogP contribution in [0.3, 0.4) is 0 Å². The summed E-state index contributed by atoms with van der Waals surface area (Å²) in [7, 11) is 0. The molecule has 0 saturated carbocycles. The van der Waals surface area contributed by atoms with Crippen LogP contribution in [0.5, 0.6) is 0 Å². The van der Waals surface area contributed by atoms with E-state index in [1.165, 1.54) is 5.56 Å². The van der Waals surface area contributed by atoms with Crippen molar-refractivity contribution in [2.24, 2.45) is 4.99 Å². The molecule has 1 heteroatoms. The number of benzene rings is 1. The summed E-state index contributed by atoms with van der Waals surface area (Å²) in [5.41, 5.74) is 1.18. The van der Waals surface area contributed by atoms with E-state index in [1.807, 2.05) is 24.4 Å². The zero-order valence-corrected chi connectivity index (χ0v) is 7.70. The molecular weight excluding hydrogens is 146 g/mol. The van der Waals surface area contributed by atoms with Gasteiger partial charge in [-0.15, -0.1) is 0 Å². The van der Waals surface area contributed by atoms with Gasteiger partial charge in [0.15, 0.2) is 0 Å².